The van der Waals surface area contributed by atoms with Crippen LogP contribution in [0.2, 0.25) is 0 Å². The molecule has 4 nitrogen and oxygen atoms in total. The number of halogens is 1. The Labute approximate surface area is 111 Å². The maximum Gasteiger partial charge on any atom is 0.303 e. The first-order valence-electron chi connectivity index (χ1n) is 6.46. The van der Waals surface area contributed by atoms with Gasteiger partial charge in [0, 0.05) is 25.1 Å². The lowest BCUT2D eigenvalue weighted by Crippen LogP contribution is -2.35. The molecule has 1 aliphatic rings. The Morgan fingerprint density at radius 1 is 1.47 bits per heavy atom. The molecule has 0 spiro atoms. The third-order valence-electron chi connectivity index (χ3n) is 3.50. The van der Waals surface area contributed by atoms with E-state index in [1.807, 2.05) is 0 Å². The maximum atomic E-state index is 13.1. The van der Waals surface area contributed by atoms with Crippen molar-refractivity contribution in [3.63, 3.8) is 0 Å². The van der Waals surface area contributed by atoms with Gasteiger partial charge in [-0.1, -0.05) is 0 Å². The minimum atomic E-state index is -0.777. The lowest BCUT2D eigenvalue weighted by Gasteiger charge is -2.32. The Hall–Kier alpha value is -1.62. The zero-order valence-electron chi connectivity index (χ0n) is 10.7. The van der Waals surface area contributed by atoms with E-state index in [1.54, 1.807) is 0 Å². The van der Waals surface area contributed by atoms with E-state index < -0.39 is 5.97 Å². The van der Waals surface area contributed by atoms with Crippen LogP contribution in [-0.4, -0.2) is 34.2 Å². The SMILES string of the molecule is O=C(O)CC1CCCN(Cc2cc(F)ccc2O)C1. The smallest absolute Gasteiger partial charge is 0.303 e. The fourth-order valence-electron chi connectivity index (χ4n) is 2.63. The quantitative estimate of drug-likeness (QED) is 0.878. The summed E-state index contributed by atoms with van der Waals surface area (Å²) >= 11 is 0. The summed E-state index contributed by atoms with van der Waals surface area (Å²) in [5.41, 5.74) is 0.552. The minimum absolute atomic E-state index is 0.0850. The number of carboxylic acids is 1. The summed E-state index contributed by atoms with van der Waals surface area (Å²) in [7, 11) is 0. The first kappa shape index (κ1) is 13.8. The second-order valence-electron chi connectivity index (χ2n) is 5.11. The lowest BCUT2D eigenvalue weighted by atomic mass is 9.94. The second kappa shape index (κ2) is 6.02. The number of aromatic hydroxyl groups is 1. The van der Waals surface area contributed by atoms with Gasteiger partial charge in [-0.2, -0.15) is 0 Å². The molecular weight excluding hydrogens is 249 g/mol. The van der Waals surface area contributed by atoms with E-state index >= 15 is 0 Å². The number of phenols is 1. The van der Waals surface area contributed by atoms with E-state index in [0.29, 0.717) is 18.7 Å². The van der Waals surface area contributed by atoms with Crippen molar-refractivity contribution in [2.75, 3.05) is 13.1 Å². The molecule has 2 N–H and O–H groups in total. The van der Waals surface area contributed by atoms with Crippen LogP contribution in [0.15, 0.2) is 18.2 Å². The third kappa shape index (κ3) is 3.92. The van der Waals surface area contributed by atoms with Crippen LogP contribution in [0, 0.1) is 11.7 Å². The van der Waals surface area contributed by atoms with Gasteiger partial charge in [-0.25, -0.2) is 4.39 Å². The number of phenolic OH excluding ortho intramolecular Hbond substituents is 1. The summed E-state index contributed by atoms with van der Waals surface area (Å²) in [4.78, 5) is 12.8. The molecule has 19 heavy (non-hydrogen) atoms. The molecule has 0 radical (unpaired) electrons. The van der Waals surface area contributed by atoms with Gasteiger partial charge in [0.2, 0.25) is 0 Å². The monoisotopic (exact) mass is 267 g/mol. The van der Waals surface area contributed by atoms with Crippen molar-refractivity contribution in [3.05, 3.63) is 29.6 Å². The van der Waals surface area contributed by atoms with E-state index in [0.717, 1.165) is 19.4 Å². The van der Waals surface area contributed by atoms with Gasteiger partial charge in [0.25, 0.3) is 0 Å². The van der Waals surface area contributed by atoms with Crippen LogP contribution in [-0.2, 0) is 11.3 Å². The topological polar surface area (TPSA) is 60.8 Å². The molecule has 0 saturated carbocycles. The Morgan fingerprint density at radius 3 is 3.00 bits per heavy atom. The number of hydrogen-bond donors (Lipinski definition) is 2. The molecule has 1 saturated heterocycles. The fraction of sp³-hybridized carbons (Fsp3) is 0.500. The highest BCUT2D eigenvalue weighted by Gasteiger charge is 2.22. The van der Waals surface area contributed by atoms with Crippen LogP contribution < -0.4 is 0 Å². The molecule has 2 rings (SSSR count). The summed E-state index contributed by atoms with van der Waals surface area (Å²) in [6.07, 6.45) is 2.03. The van der Waals surface area contributed by atoms with Crippen molar-refractivity contribution in [1.29, 1.82) is 0 Å². The Balaban J connectivity index is 1.98. The number of piperidine rings is 1. The van der Waals surface area contributed by atoms with Crippen LogP contribution in [0.5, 0.6) is 5.75 Å². The number of carbonyl (C=O) groups is 1. The number of benzene rings is 1. The first-order chi connectivity index (χ1) is 9.04. The minimum Gasteiger partial charge on any atom is -0.508 e. The highest BCUT2D eigenvalue weighted by atomic mass is 19.1. The fourth-order valence-corrected chi connectivity index (χ4v) is 2.63. The first-order valence-corrected chi connectivity index (χ1v) is 6.46. The van der Waals surface area contributed by atoms with Crippen molar-refractivity contribution in [2.24, 2.45) is 5.92 Å². The predicted octanol–water partition coefficient (Wildman–Crippen LogP) is 2.22. The van der Waals surface area contributed by atoms with Crippen LogP contribution in [0.25, 0.3) is 0 Å². The van der Waals surface area contributed by atoms with E-state index in [-0.39, 0.29) is 23.9 Å². The lowest BCUT2D eigenvalue weighted by molar-refractivity contribution is -0.138. The van der Waals surface area contributed by atoms with E-state index in [1.165, 1.54) is 18.2 Å². The van der Waals surface area contributed by atoms with E-state index in [2.05, 4.69) is 4.90 Å². The number of carboxylic acid groups (broad SMARTS) is 1. The van der Waals surface area contributed by atoms with E-state index in [9.17, 15) is 14.3 Å². The summed E-state index contributed by atoms with van der Waals surface area (Å²) < 4.78 is 13.1. The number of aliphatic carboxylic acids is 1. The molecule has 1 unspecified atom stereocenters. The van der Waals surface area contributed by atoms with Gasteiger partial charge < -0.3 is 10.2 Å². The Morgan fingerprint density at radius 2 is 2.26 bits per heavy atom. The van der Waals surface area contributed by atoms with Gasteiger partial charge in [-0.15, -0.1) is 0 Å². The molecule has 1 aromatic rings. The molecular formula is C14H18FNO3. The van der Waals surface area contributed by atoms with Gasteiger partial charge >= 0.3 is 5.97 Å². The van der Waals surface area contributed by atoms with Gasteiger partial charge in [-0.05, 0) is 43.5 Å². The summed E-state index contributed by atoms with van der Waals surface area (Å²) in [6, 6.07) is 3.90. The summed E-state index contributed by atoms with van der Waals surface area (Å²) in [6.45, 7) is 1.99. The molecule has 1 atom stereocenters. The van der Waals surface area contributed by atoms with E-state index in [4.69, 9.17) is 5.11 Å². The van der Waals surface area contributed by atoms with Crippen molar-refractivity contribution in [2.45, 2.75) is 25.8 Å². The molecule has 1 fully saturated rings. The number of hydrogen-bond acceptors (Lipinski definition) is 3. The Bertz CT molecular complexity index is 464. The average molecular weight is 267 g/mol. The van der Waals surface area contributed by atoms with Gasteiger partial charge in [-0.3, -0.25) is 9.69 Å². The molecule has 0 aliphatic carbocycles. The summed E-state index contributed by atoms with van der Waals surface area (Å²) in [5.74, 6) is -0.920. The Kier molecular flexibility index (Phi) is 4.37. The van der Waals surface area contributed by atoms with Crippen LogP contribution in [0.1, 0.15) is 24.8 Å². The van der Waals surface area contributed by atoms with Crippen molar-refractivity contribution < 1.29 is 19.4 Å². The number of rotatable bonds is 4. The van der Waals surface area contributed by atoms with Crippen molar-refractivity contribution in [1.82, 2.24) is 4.90 Å². The highest BCUT2D eigenvalue weighted by Crippen LogP contribution is 2.24. The number of nitrogens with zero attached hydrogens (tertiary/aromatic N) is 1. The molecule has 5 heteroatoms. The predicted molar refractivity (Wildman–Crippen MR) is 68.3 cm³/mol. The largest absolute Gasteiger partial charge is 0.508 e. The molecule has 104 valence electrons. The number of likely N-dealkylation sites (tertiary alicyclic amines) is 1. The third-order valence-corrected chi connectivity index (χ3v) is 3.50. The maximum absolute atomic E-state index is 13.1. The second-order valence-corrected chi connectivity index (χ2v) is 5.11. The molecule has 1 heterocycles. The summed E-state index contributed by atoms with van der Waals surface area (Å²) in [5, 5.41) is 18.5. The van der Waals surface area contributed by atoms with Crippen LogP contribution >= 0.6 is 0 Å². The highest BCUT2D eigenvalue weighted by molar-refractivity contribution is 5.67. The molecule has 0 aromatic heterocycles. The zero-order valence-corrected chi connectivity index (χ0v) is 10.7. The molecule has 0 amide bonds. The van der Waals surface area contributed by atoms with Gasteiger partial charge in [0.1, 0.15) is 11.6 Å². The van der Waals surface area contributed by atoms with Crippen LogP contribution in [0.3, 0.4) is 0 Å². The van der Waals surface area contributed by atoms with Crippen LogP contribution in [0.4, 0.5) is 4.39 Å². The normalized spacial score (nSPS) is 20.4. The van der Waals surface area contributed by atoms with Gasteiger partial charge in [0.15, 0.2) is 0 Å². The average Bonchev–Trinajstić information content (AvgIpc) is 2.33. The molecule has 1 aromatic carbocycles. The van der Waals surface area contributed by atoms with Crippen molar-refractivity contribution in [3.8, 4) is 5.75 Å². The van der Waals surface area contributed by atoms with Crippen molar-refractivity contribution >= 4 is 5.97 Å². The molecule has 0 bridgehead atoms. The standard InChI is InChI=1S/C14H18FNO3/c15-12-3-4-13(17)11(7-12)9-16-5-1-2-10(8-16)6-14(18)19/h3-4,7,10,17H,1-2,5-6,8-9H2,(H,18,19). The zero-order chi connectivity index (χ0) is 13.8. The molecule has 1 aliphatic heterocycles. The van der Waals surface area contributed by atoms with Gasteiger partial charge in [0.05, 0.1) is 0 Å².